The molecule has 0 aliphatic rings. The zero-order valence-corrected chi connectivity index (χ0v) is 11.0. The molecule has 0 saturated carbocycles. The van der Waals surface area contributed by atoms with E-state index in [2.05, 4.69) is 9.97 Å². The number of fused-ring (bicyclic) bond motifs is 1. The van der Waals surface area contributed by atoms with Gasteiger partial charge in [-0.1, -0.05) is 0 Å². The summed E-state index contributed by atoms with van der Waals surface area (Å²) in [5, 5.41) is 0.449. The molecule has 19 heavy (non-hydrogen) atoms. The summed E-state index contributed by atoms with van der Waals surface area (Å²) in [5.74, 6) is 0. The van der Waals surface area contributed by atoms with Gasteiger partial charge in [-0.3, -0.25) is 9.78 Å². The van der Waals surface area contributed by atoms with Crippen molar-refractivity contribution in [2.45, 2.75) is 20.0 Å². The molecule has 6 heteroatoms. The molecular weight excluding hydrogens is 246 g/mol. The molecule has 1 aromatic carbocycles. The van der Waals surface area contributed by atoms with Crippen LogP contribution < -0.4 is 16.0 Å². The Balaban J connectivity index is 2.26. The Bertz CT molecular complexity index is 624. The topological polar surface area (TPSA) is 90.2 Å². The highest BCUT2D eigenvalue weighted by Gasteiger charge is 2.09. The first-order valence-corrected chi connectivity index (χ1v) is 6.14. The summed E-state index contributed by atoms with van der Waals surface area (Å²) in [6.07, 6.45) is -0.186. The highest BCUT2D eigenvalue weighted by molar-refractivity contribution is 5.81. The van der Waals surface area contributed by atoms with E-state index in [9.17, 15) is 4.79 Å². The van der Waals surface area contributed by atoms with Crippen LogP contribution in [-0.4, -0.2) is 29.3 Å². The average molecular weight is 263 g/mol. The molecule has 6 nitrogen and oxygen atoms in total. The van der Waals surface area contributed by atoms with Crippen LogP contribution in [0.3, 0.4) is 0 Å². The van der Waals surface area contributed by atoms with Crippen LogP contribution in [0.15, 0.2) is 23.0 Å². The van der Waals surface area contributed by atoms with Crippen molar-refractivity contribution in [2.24, 2.45) is 0 Å². The van der Waals surface area contributed by atoms with Crippen molar-refractivity contribution in [3.05, 3.63) is 28.6 Å². The number of benzene rings is 1. The van der Waals surface area contributed by atoms with Gasteiger partial charge in [-0.2, -0.15) is 4.98 Å². The third-order valence-electron chi connectivity index (χ3n) is 2.58. The lowest BCUT2D eigenvalue weighted by molar-refractivity contribution is 0.0608. The van der Waals surface area contributed by atoms with Crippen molar-refractivity contribution in [3.63, 3.8) is 0 Å². The maximum Gasteiger partial charge on any atom is 0.297 e. The molecule has 0 aliphatic carbocycles. The van der Waals surface area contributed by atoms with E-state index < -0.39 is 0 Å². The van der Waals surface area contributed by atoms with Gasteiger partial charge in [0.1, 0.15) is 6.10 Å². The van der Waals surface area contributed by atoms with Crippen molar-refractivity contribution >= 4 is 16.6 Å². The molecule has 1 unspecified atom stereocenters. The van der Waals surface area contributed by atoms with E-state index in [0.717, 1.165) is 0 Å². The van der Waals surface area contributed by atoms with Gasteiger partial charge < -0.3 is 15.2 Å². The van der Waals surface area contributed by atoms with Gasteiger partial charge in [0.15, 0.2) is 0 Å². The molecule has 0 bridgehead atoms. The number of H-pyrrole nitrogens is 1. The van der Waals surface area contributed by atoms with E-state index in [0.29, 0.717) is 29.8 Å². The molecule has 0 amide bonds. The van der Waals surface area contributed by atoms with Crippen LogP contribution in [0.25, 0.3) is 10.9 Å². The molecule has 0 spiro atoms. The Morgan fingerprint density at radius 2 is 2.26 bits per heavy atom. The van der Waals surface area contributed by atoms with Crippen molar-refractivity contribution < 1.29 is 9.47 Å². The number of anilines is 1. The van der Waals surface area contributed by atoms with E-state index in [4.69, 9.17) is 15.2 Å². The number of nitrogen functional groups attached to an aromatic ring is 1. The molecule has 0 aliphatic heterocycles. The Kier molecular flexibility index (Phi) is 4.01. The summed E-state index contributed by atoms with van der Waals surface area (Å²) >= 11 is 0. The maximum atomic E-state index is 11.9. The van der Waals surface area contributed by atoms with Gasteiger partial charge in [0.05, 0.1) is 17.5 Å². The van der Waals surface area contributed by atoms with Crippen molar-refractivity contribution in [1.82, 2.24) is 9.97 Å². The van der Waals surface area contributed by atoms with Gasteiger partial charge in [0.2, 0.25) is 0 Å². The highest BCUT2D eigenvalue weighted by Crippen LogP contribution is 2.14. The lowest BCUT2D eigenvalue weighted by Gasteiger charge is -2.13. The van der Waals surface area contributed by atoms with Crippen LogP contribution in [-0.2, 0) is 4.74 Å². The van der Waals surface area contributed by atoms with Crippen LogP contribution in [0.4, 0.5) is 5.69 Å². The molecule has 0 saturated heterocycles. The molecule has 0 radical (unpaired) electrons. The lowest BCUT2D eigenvalue weighted by Crippen LogP contribution is -2.22. The van der Waals surface area contributed by atoms with Crippen LogP contribution in [0.5, 0.6) is 6.01 Å². The molecule has 1 atom stereocenters. The summed E-state index contributed by atoms with van der Waals surface area (Å²) in [7, 11) is 0. The number of nitrogens with two attached hydrogens (primary N) is 1. The normalized spacial score (nSPS) is 12.5. The number of hydrogen-bond acceptors (Lipinski definition) is 5. The molecule has 1 heterocycles. The highest BCUT2D eigenvalue weighted by atomic mass is 16.5. The van der Waals surface area contributed by atoms with E-state index >= 15 is 0 Å². The zero-order valence-electron chi connectivity index (χ0n) is 11.0. The number of nitrogens with zero attached hydrogens (tertiary/aromatic N) is 1. The Morgan fingerprint density at radius 1 is 1.47 bits per heavy atom. The third kappa shape index (κ3) is 3.23. The van der Waals surface area contributed by atoms with E-state index in [-0.39, 0.29) is 17.7 Å². The number of ether oxygens (including phenoxy) is 2. The molecule has 2 rings (SSSR count). The number of aromatic amines is 1. The van der Waals surface area contributed by atoms with E-state index in [1.54, 1.807) is 18.2 Å². The molecule has 0 fully saturated rings. The lowest BCUT2D eigenvalue weighted by atomic mass is 10.2. The average Bonchev–Trinajstić information content (AvgIpc) is 2.37. The van der Waals surface area contributed by atoms with Gasteiger partial charge in [0.25, 0.3) is 11.6 Å². The zero-order chi connectivity index (χ0) is 13.8. The first-order chi connectivity index (χ1) is 9.10. The van der Waals surface area contributed by atoms with Crippen LogP contribution in [0.1, 0.15) is 13.8 Å². The smallest absolute Gasteiger partial charge is 0.297 e. The second-order valence-electron chi connectivity index (χ2n) is 4.24. The number of nitrogens with one attached hydrogen (secondary N) is 1. The molecule has 2 aromatic rings. The first kappa shape index (κ1) is 13.4. The van der Waals surface area contributed by atoms with Crippen molar-refractivity contribution in [1.29, 1.82) is 0 Å². The Labute approximate surface area is 110 Å². The first-order valence-electron chi connectivity index (χ1n) is 6.14. The Morgan fingerprint density at radius 3 is 3.00 bits per heavy atom. The SMILES string of the molecule is CCOCC(C)Oc1nc2ccc(N)cc2c(=O)[nH]1. The standard InChI is InChI=1S/C13H17N3O3/c1-3-18-7-8(2)19-13-15-11-5-4-9(14)6-10(11)12(17)16-13/h4-6,8H,3,7,14H2,1-2H3,(H,15,16,17). The van der Waals surface area contributed by atoms with Gasteiger partial charge in [-0.05, 0) is 32.0 Å². The van der Waals surface area contributed by atoms with Crippen molar-refractivity contribution in [2.75, 3.05) is 18.9 Å². The molecule has 102 valence electrons. The monoisotopic (exact) mass is 263 g/mol. The summed E-state index contributed by atoms with van der Waals surface area (Å²) in [6.45, 7) is 4.82. The quantitative estimate of drug-likeness (QED) is 0.794. The van der Waals surface area contributed by atoms with E-state index in [1.807, 2.05) is 13.8 Å². The van der Waals surface area contributed by atoms with Crippen molar-refractivity contribution in [3.8, 4) is 6.01 Å². The fourth-order valence-corrected chi connectivity index (χ4v) is 1.70. The van der Waals surface area contributed by atoms with Gasteiger partial charge in [0, 0.05) is 12.3 Å². The maximum absolute atomic E-state index is 11.9. The fraction of sp³-hybridized carbons (Fsp3) is 0.385. The van der Waals surface area contributed by atoms with Gasteiger partial charge in [-0.25, -0.2) is 0 Å². The summed E-state index contributed by atoms with van der Waals surface area (Å²) in [4.78, 5) is 18.7. The third-order valence-corrected chi connectivity index (χ3v) is 2.58. The van der Waals surface area contributed by atoms with E-state index in [1.165, 1.54) is 0 Å². The Hall–Kier alpha value is -2.08. The number of aromatic nitrogens is 2. The second kappa shape index (κ2) is 5.71. The van der Waals surface area contributed by atoms with Gasteiger partial charge in [-0.15, -0.1) is 0 Å². The minimum atomic E-state index is -0.268. The van der Waals surface area contributed by atoms with Crippen LogP contribution >= 0.6 is 0 Å². The summed E-state index contributed by atoms with van der Waals surface area (Å²) in [6, 6.07) is 5.17. The molecule has 1 aromatic heterocycles. The molecular formula is C13H17N3O3. The predicted molar refractivity (Wildman–Crippen MR) is 73.4 cm³/mol. The number of hydrogen-bond donors (Lipinski definition) is 2. The fourth-order valence-electron chi connectivity index (χ4n) is 1.70. The minimum Gasteiger partial charge on any atom is -0.459 e. The number of rotatable bonds is 5. The predicted octanol–water partition coefficient (Wildman–Crippen LogP) is 1.31. The minimum absolute atomic E-state index is 0.186. The van der Waals surface area contributed by atoms with Crippen LogP contribution in [0, 0.1) is 0 Å². The second-order valence-corrected chi connectivity index (χ2v) is 4.24. The summed E-state index contributed by atoms with van der Waals surface area (Å²) < 4.78 is 10.8. The largest absolute Gasteiger partial charge is 0.459 e. The molecule has 3 N–H and O–H groups in total. The van der Waals surface area contributed by atoms with Crippen LogP contribution in [0.2, 0.25) is 0 Å². The van der Waals surface area contributed by atoms with Gasteiger partial charge >= 0.3 is 0 Å². The summed E-state index contributed by atoms with van der Waals surface area (Å²) in [5.41, 5.74) is 6.45.